The first-order valence-corrected chi connectivity index (χ1v) is 7.31. The van der Waals surface area contributed by atoms with E-state index in [0.717, 1.165) is 22.6 Å². The molecule has 0 atom stereocenters. The molecule has 0 saturated heterocycles. The summed E-state index contributed by atoms with van der Waals surface area (Å²) in [5, 5.41) is 10.6. The van der Waals surface area contributed by atoms with Gasteiger partial charge in [-0.2, -0.15) is 0 Å². The highest BCUT2D eigenvalue weighted by atomic mass is 16.5. The minimum Gasteiger partial charge on any atom is -0.494 e. The van der Waals surface area contributed by atoms with Crippen molar-refractivity contribution in [1.82, 2.24) is 4.98 Å². The molecular formula is C18H20N4O. The predicted molar refractivity (Wildman–Crippen MR) is 95.5 cm³/mol. The lowest BCUT2D eigenvalue weighted by atomic mass is 10.0. The van der Waals surface area contributed by atoms with E-state index in [0.29, 0.717) is 12.2 Å². The van der Waals surface area contributed by atoms with Gasteiger partial charge in [0.05, 0.1) is 6.61 Å². The van der Waals surface area contributed by atoms with Gasteiger partial charge in [0, 0.05) is 53.9 Å². The van der Waals surface area contributed by atoms with Crippen LogP contribution in [0.2, 0.25) is 0 Å². The first-order chi connectivity index (χ1) is 11.3. The van der Waals surface area contributed by atoms with Crippen LogP contribution >= 0.6 is 0 Å². The normalized spacial score (nSPS) is 11.4. The number of benzene rings is 1. The molecule has 4 N–H and O–H groups in total. The molecule has 5 heteroatoms. The second kappa shape index (κ2) is 8.38. The summed E-state index contributed by atoms with van der Waals surface area (Å²) in [5.41, 5.74) is 8.87. The molecule has 2 aromatic rings. The summed E-state index contributed by atoms with van der Waals surface area (Å²) in [6, 6.07) is 9.57. The minimum atomic E-state index is 0.635. The highest BCUT2D eigenvalue weighted by molar-refractivity contribution is 6.09. The van der Waals surface area contributed by atoms with Crippen molar-refractivity contribution in [1.29, 1.82) is 5.41 Å². The Morgan fingerprint density at radius 2 is 2.26 bits per heavy atom. The lowest BCUT2D eigenvalue weighted by molar-refractivity contribution is 0.340. The van der Waals surface area contributed by atoms with Crippen LogP contribution in [0, 0.1) is 5.41 Å². The molecule has 0 spiro atoms. The van der Waals surface area contributed by atoms with Crippen molar-refractivity contribution in [3.05, 3.63) is 66.3 Å². The van der Waals surface area contributed by atoms with Crippen molar-refractivity contribution in [3.8, 4) is 5.75 Å². The van der Waals surface area contributed by atoms with E-state index in [-0.39, 0.29) is 0 Å². The van der Waals surface area contributed by atoms with E-state index in [4.69, 9.17) is 15.9 Å². The maximum absolute atomic E-state index is 7.42. The molecule has 0 aliphatic heterocycles. The van der Waals surface area contributed by atoms with Gasteiger partial charge >= 0.3 is 0 Å². The molecule has 0 fully saturated rings. The van der Waals surface area contributed by atoms with Gasteiger partial charge < -0.3 is 21.2 Å². The smallest absolute Gasteiger partial charge is 0.121 e. The number of allylic oxidation sites excluding steroid dienone is 1. The second-order valence-electron chi connectivity index (χ2n) is 4.67. The fraction of sp³-hybridized carbons (Fsp3) is 0.111. The molecule has 1 heterocycles. The van der Waals surface area contributed by atoms with E-state index in [1.54, 1.807) is 12.4 Å². The Balaban J connectivity index is 2.15. The van der Waals surface area contributed by atoms with Crippen LogP contribution in [0.25, 0.3) is 11.6 Å². The third-order valence-corrected chi connectivity index (χ3v) is 3.16. The molecule has 0 aliphatic carbocycles. The number of rotatable bonds is 7. The molecular weight excluding hydrogens is 288 g/mol. The number of nitrogens with one attached hydrogen (secondary N) is 2. The zero-order valence-corrected chi connectivity index (χ0v) is 13.0. The van der Waals surface area contributed by atoms with E-state index in [1.165, 1.54) is 12.4 Å². The molecule has 0 unspecified atom stereocenters. The molecule has 1 aromatic heterocycles. The number of aromatic nitrogens is 1. The van der Waals surface area contributed by atoms with Crippen molar-refractivity contribution in [2.45, 2.75) is 6.92 Å². The monoisotopic (exact) mass is 308 g/mol. The summed E-state index contributed by atoms with van der Waals surface area (Å²) < 4.78 is 5.47. The van der Waals surface area contributed by atoms with Gasteiger partial charge in [-0.15, -0.1) is 0 Å². The fourth-order valence-electron chi connectivity index (χ4n) is 2.09. The van der Waals surface area contributed by atoms with E-state index < -0.39 is 0 Å². The SMILES string of the molecule is CCOc1cccc(N/C=C/c2cnccc2/C(C=N)=C/N)c1. The molecule has 5 nitrogen and oxygen atoms in total. The number of pyridine rings is 1. The van der Waals surface area contributed by atoms with Crippen LogP contribution in [0.3, 0.4) is 0 Å². The Hall–Kier alpha value is -3.08. The van der Waals surface area contributed by atoms with E-state index in [1.807, 2.05) is 49.5 Å². The van der Waals surface area contributed by atoms with Crippen LogP contribution in [0.4, 0.5) is 5.69 Å². The first-order valence-electron chi connectivity index (χ1n) is 7.31. The van der Waals surface area contributed by atoms with E-state index >= 15 is 0 Å². The molecule has 0 saturated carbocycles. The Kier molecular flexibility index (Phi) is 5.94. The number of anilines is 1. The lowest BCUT2D eigenvalue weighted by Crippen LogP contribution is -1.95. The topological polar surface area (TPSA) is 84.0 Å². The summed E-state index contributed by atoms with van der Waals surface area (Å²) in [6.07, 6.45) is 9.77. The van der Waals surface area contributed by atoms with Crippen molar-refractivity contribution >= 4 is 23.6 Å². The second-order valence-corrected chi connectivity index (χ2v) is 4.67. The third-order valence-electron chi connectivity index (χ3n) is 3.16. The Labute approximate surface area is 136 Å². The van der Waals surface area contributed by atoms with Crippen LogP contribution in [0.15, 0.2) is 55.1 Å². The standard InChI is InChI=1S/C18H20N4O/c1-2-23-17-5-3-4-16(10-17)22-9-6-14-13-21-8-7-18(14)15(11-19)12-20/h3-13,19,22H,2,20H2,1H3/b9-6+,15-12+,19-11?. The quantitative estimate of drug-likeness (QED) is 0.683. The maximum atomic E-state index is 7.42. The van der Waals surface area contributed by atoms with Crippen molar-refractivity contribution in [2.75, 3.05) is 11.9 Å². The molecule has 1 aromatic carbocycles. The highest BCUT2D eigenvalue weighted by Gasteiger charge is 2.03. The average Bonchev–Trinajstić information content (AvgIpc) is 2.58. The number of hydrogen-bond acceptors (Lipinski definition) is 5. The fourth-order valence-corrected chi connectivity index (χ4v) is 2.09. The van der Waals surface area contributed by atoms with Gasteiger partial charge in [0.15, 0.2) is 0 Å². The first kappa shape index (κ1) is 16.3. The van der Waals surface area contributed by atoms with Crippen molar-refractivity contribution < 1.29 is 4.74 Å². The van der Waals surface area contributed by atoms with Gasteiger partial charge in [-0.05, 0) is 36.8 Å². The molecule has 118 valence electrons. The van der Waals surface area contributed by atoms with Crippen LogP contribution in [0.5, 0.6) is 5.75 Å². The van der Waals surface area contributed by atoms with Crippen LogP contribution in [-0.4, -0.2) is 17.8 Å². The lowest BCUT2D eigenvalue weighted by Gasteiger charge is -2.07. The highest BCUT2D eigenvalue weighted by Crippen LogP contribution is 2.19. The minimum absolute atomic E-state index is 0.635. The molecule has 0 radical (unpaired) electrons. The molecule has 2 rings (SSSR count). The Morgan fingerprint density at radius 3 is 3.00 bits per heavy atom. The van der Waals surface area contributed by atoms with Gasteiger partial charge in [0.2, 0.25) is 0 Å². The molecule has 0 aliphatic rings. The van der Waals surface area contributed by atoms with Crippen molar-refractivity contribution in [2.24, 2.45) is 5.73 Å². The largest absolute Gasteiger partial charge is 0.494 e. The summed E-state index contributed by atoms with van der Waals surface area (Å²) in [6.45, 7) is 2.59. The zero-order valence-electron chi connectivity index (χ0n) is 13.0. The average molecular weight is 308 g/mol. The Bertz CT molecular complexity index is 722. The number of hydrogen-bond donors (Lipinski definition) is 3. The van der Waals surface area contributed by atoms with Crippen LogP contribution < -0.4 is 15.8 Å². The summed E-state index contributed by atoms with van der Waals surface area (Å²) in [5.74, 6) is 0.824. The van der Waals surface area contributed by atoms with Gasteiger partial charge in [0.1, 0.15) is 5.75 Å². The zero-order chi connectivity index (χ0) is 16.5. The van der Waals surface area contributed by atoms with Crippen molar-refractivity contribution in [3.63, 3.8) is 0 Å². The molecule has 0 amide bonds. The maximum Gasteiger partial charge on any atom is 0.121 e. The summed E-state index contributed by atoms with van der Waals surface area (Å²) in [4.78, 5) is 4.12. The summed E-state index contributed by atoms with van der Waals surface area (Å²) >= 11 is 0. The Morgan fingerprint density at radius 1 is 1.39 bits per heavy atom. The van der Waals surface area contributed by atoms with E-state index in [9.17, 15) is 0 Å². The van der Waals surface area contributed by atoms with Gasteiger partial charge in [0.25, 0.3) is 0 Å². The third kappa shape index (κ3) is 4.44. The predicted octanol–water partition coefficient (Wildman–Crippen LogP) is 3.51. The molecule has 0 bridgehead atoms. The van der Waals surface area contributed by atoms with Gasteiger partial charge in [-0.1, -0.05) is 6.07 Å². The van der Waals surface area contributed by atoms with Crippen LogP contribution in [0.1, 0.15) is 18.1 Å². The van der Waals surface area contributed by atoms with Crippen LogP contribution in [-0.2, 0) is 0 Å². The summed E-state index contributed by atoms with van der Waals surface area (Å²) in [7, 11) is 0. The van der Waals surface area contributed by atoms with Gasteiger partial charge in [-0.3, -0.25) is 4.98 Å². The van der Waals surface area contributed by atoms with Gasteiger partial charge in [-0.25, -0.2) is 0 Å². The number of nitrogens with zero attached hydrogens (tertiary/aromatic N) is 1. The number of nitrogens with two attached hydrogens (primary N) is 1. The molecule has 23 heavy (non-hydrogen) atoms. The van der Waals surface area contributed by atoms with E-state index in [2.05, 4.69) is 10.3 Å². The number of ether oxygens (including phenoxy) is 1.